The monoisotopic (exact) mass is 273 g/mol. The predicted molar refractivity (Wildman–Crippen MR) is 71.4 cm³/mol. The quantitative estimate of drug-likeness (QED) is 0.511. The maximum atomic E-state index is 11.6. The predicted octanol–water partition coefficient (Wildman–Crippen LogP) is 1.09. The maximum Gasteiger partial charge on any atom is 0.274 e. The van der Waals surface area contributed by atoms with Gasteiger partial charge >= 0.3 is 0 Å². The van der Waals surface area contributed by atoms with Crippen LogP contribution in [0.3, 0.4) is 0 Å². The number of hydrogen-bond acceptors (Lipinski definition) is 5. The number of non-ortho nitro benzene ring substituents is 1. The van der Waals surface area contributed by atoms with E-state index in [1.54, 1.807) is 13.2 Å². The fraction of sp³-hybridized carbons (Fsp3) is 0.0833. The first-order valence-electron chi connectivity index (χ1n) is 5.63. The van der Waals surface area contributed by atoms with Crippen LogP contribution in [0.25, 0.3) is 0 Å². The number of nitrogens with one attached hydrogen (secondary N) is 1. The standard InChI is InChI=1S/C12H11N5O3/c1-16-8-10(7-14-16)12(18)15-13-6-9-2-4-11(5-3-9)17(19)20/h2-8H,1H3,(H,15,18)/b13-6+. The Hall–Kier alpha value is -3.03. The molecule has 8 heteroatoms. The molecule has 1 amide bonds. The van der Waals surface area contributed by atoms with Crippen molar-refractivity contribution in [2.45, 2.75) is 0 Å². The third-order valence-corrected chi connectivity index (χ3v) is 2.45. The lowest BCUT2D eigenvalue weighted by Crippen LogP contribution is -2.16. The summed E-state index contributed by atoms with van der Waals surface area (Å²) in [5, 5.41) is 18.1. The molecular weight excluding hydrogens is 262 g/mol. The van der Waals surface area contributed by atoms with Crippen molar-refractivity contribution < 1.29 is 9.72 Å². The van der Waals surface area contributed by atoms with Crippen molar-refractivity contribution in [1.29, 1.82) is 0 Å². The van der Waals surface area contributed by atoms with Gasteiger partial charge in [-0.25, -0.2) is 5.43 Å². The lowest BCUT2D eigenvalue weighted by Gasteiger charge is -1.96. The summed E-state index contributed by atoms with van der Waals surface area (Å²) < 4.78 is 1.51. The van der Waals surface area contributed by atoms with E-state index in [9.17, 15) is 14.9 Å². The van der Waals surface area contributed by atoms with E-state index in [0.717, 1.165) is 0 Å². The smallest absolute Gasteiger partial charge is 0.274 e. The van der Waals surface area contributed by atoms with E-state index >= 15 is 0 Å². The average Bonchev–Trinajstić information content (AvgIpc) is 2.86. The number of aryl methyl sites for hydroxylation is 1. The maximum absolute atomic E-state index is 11.6. The molecule has 0 spiro atoms. The molecular formula is C12H11N5O3. The van der Waals surface area contributed by atoms with Gasteiger partial charge in [0.2, 0.25) is 0 Å². The summed E-state index contributed by atoms with van der Waals surface area (Å²) in [5.41, 5.74) is 3.38. The molecule has 0 aliphatic carbocycles. The highest BCUT2D eigenvalue weighted by atomic mass is 16.6. The van der Waals surface area contributed by atoms with E-state index in [4.69, 9.17) is 0 Å². The van der Waals surface area contributed by atoms with Gasteiger partial charge in [0.25, 0.3) is 11.6 Å². The summed E-state index contributed by atoms with van der Waals surface area (Å²) in [5.74, 6) is -0.378. The van der Waals surface area contributed by atoms with E-state index in [1.165, 1.54) is 41.4 Å². The van der Waals surface area contributed by atoms with Crippen LogP contribution in [0.2, 0.25) is 0 Å². The molecule has 1 aromatic carbocycles. The molecule has 0 atom stereocenters. The molecule has 0 aliphatic rings. The summed E-state index contributed by atoms with van der Waals surface area (Å²) >= 11 is 0. The van der Waals surface area contributed by atoms with Gasteiger partial charge in [0.1, 0.15) is 0 Å². The van der Waals surface area contributed by atoms with Gasteiger partial charge in [0.15, 0.2) is 0 Å². The number of hydrogen-bond donors (Lipinski definition) is 1. The Morgan fingerprint density at radius 3 is 2.70 bits per heavy atom. The van der Waals surface area contributed by atoms with Crippen molar-refractivity contribution in [2.75, 3.05) is 0 Å². The Bertz CT molecular complexity index is 660. The number of nitro benzene ring substituents is 1. The lowest BCUT2D eigenvalue weighted by atomic mass is 10.2. The minimum Gasteiger partial charge on any atom is -0.275 e. The molecule has 2 rings (SSSR count). The number of rotatable bonds is 4. The van der Waals surface area contributed by atoms with Gasteiger partial charge in [0.05, 0.1) is 22.9 Å². The van der Waals surface area contributed by atoms with Crippen molar-refractivity contribution in [3.8, 4) is 0 Å². The number of carbonyl (C=O) groups is 1. The number of hydrazone groups is 1. The first-order chi connectivity index (χ1) is 9.56. The molecule has 0 aliphatic heterocycles. The molecule has 0 unspecified atom stereocenters. The molecule has 1 heterocycles. The first kappa shape index (κ1) is 13.4. The zero-order chi connectivity index (χ0) is 14.5. The van der Waals surface area contributed by atoms with Gasteiger partial charge in [-0.2, -0.15) is 10.2 Å². The number of carbonyl (C=O) groups excluding carboxylic acids is 1. The summed E-state index contributed by atoms with van der Waals surface area (Å²) in [7, 11) is 1.71. The second kappa shape index (κ2) is 5.74. The van der Waals surface area contributed by atoms with Crippen molar-refractivity contribution in [1.82, 2.24) is 15.2 Å². The number of nitro groups is 1. The van der Waals surface area contributed by atoms with E-state index in [-0.39, 0.29) is 11.6 Å². The van der Waals surface area contributed by atoms with Crippen LogP contribution >= 0.6 is 0 Å². The van der Waals surface area contributed by atoms with E-state index < -0.39 is 4.92 Å². The number of aromatic nitrogens is 2. The van der Waals surface area contributed by atoms with Crippen molar-refractivity contribution in [3.05, 3.63) is 57.9 Å². The molecule has 0 bridgehead atoms. The second-order valence-corrected chi connectivity index (χ2v) is 3.95. The third kappa shape index (κ3) is 3.25. The van der Waals surface area contributed by atoms with Gasteiger partial charge in [-0.3, -0.25) is 19.6 Å². The van der Waals surface area contributed by atoms with E-state index in [1.807, 2.05) is 0 Å². The first-order valence-corrected chi connectivity index (χ1v) is 5.63. The highest BCUT2D eigenvalue weighted by Gasteiger charge is 2.06. The SMILES string of the molecule is Cn1cc(C(=O)N/N=C/c2ccc([N+](=O)[O-])cc2)cn1. The number of benzene rings is 1. The molecule has 20 heavy (non-hydrogen) atoms. The van der Waals surface area contributed by atoms with Crippen LogP contribution in [0.1, 0.15) is 15.9 Å². The van der Waals surface area contributed by atoms with Crippen LogP contribution in [0.4, 0.5) is 5.69 Å². The Morgan fingerprint density at radius 2 is 2.15 bits per heavy atom. The Balaban J connectivity index is 1.96. The Labute approximate surface area is 113 Å². The summed E-state index contributed by atoms with van der Waals surface area (Å²) in [6, 6.07) is 5.81. The number of amides is 1. The van der Waals surface area contributed by atoms with Crippen LogP contribution in [0, 0.1) is 10.1 Å². The molecule has 0 fully saturated rings. The lowest BCUT2D eigenvalue weighted by molar-refractivity contribution is -0.384. The van der Waals surface area contributed by atoms with Crippen LogP contribution < -0.4 is 5.43 Å². The summed E-state index contributed by atoms with van der Waals surface area (Å²) in [6.45, 7) is 0. The Kier molecular flexibility index (Phi) is 3.85. The highest BCUT2D eigenvalue weighted by Crippen LogP contribution is 2.10. The minimum absolute atomic E-state index is 0.00143. The molecule has 102 valence electrons. The fourth-order valence-corrected chi connectivity index (χ4v) is 1.45. The molecule has 8 nitrogen and oxygen atoms in total. The summed E-state index contributed by atoms with van der Waals surface area (Å²) in [4.78, 5) is 21.6. The van der Waals surface area contributed by atoms with Gasteiger partial charge in [0, 0.05) is 25.4 Å². The molecule has 1 N–H and O–H groups in total. The average molecular weight is 273 g/mol. The largest absolute Gasteiger partial charge is 0.275 e. The van der Waals surface area contributed by atoms with Crippen molar-refractivity contribution in [3.63, 3.8) is 0 Å². The molecule has 2 aromatic rings. The molecule has 1 aromatic heterocycles. The number of nitrogens with zero attached hydrogens (tertiary/aromatic N) is 4. The molecule has 0 saturated heterocycles. The molecule has 0 radical (unpaired) electrons. The van der Waals surface area contributed by atoms with Gasteiger partial charge < -0.3 is 0 Å². The fourth-order valence-electron chi connectivity index (χ4n) is 1.45. The van der Waals surface area contributed by atoms with Crippen LogP contribution in [-0.4, -0.2) is 26.8 Å². The Morgan fingerprint density at radius 1 is 1.45 bits per heavy atom. The normalized spacial score (nSPS) is 10.7. The van der Waals surface area contributed by atoms with Crippen LogP contribution in [0.5, 0.6) is 0 Å². The zero-order valence-corrected chi connectivity index (χ0v) is 10.6. The molecule has 0 saturated carbocycles. The van der Waals surface area contributed by atoms with Gasteiger partial charge in [-0.1, -0.05) is 0 Å². The third-order valence-electron chi connectivity index (χ3n) is 2.45. The van der Waals surface area contributed by atoms with Gasteiger partial charge in [-0.15, -0.1) is 0 Å². The van der Waals surface area contributed by atoms with Crippen molar-refractivity contribution >= 4 is 17.8 Å². The minimum atomic E-state index is -0.481. The van der Waals surface area contributed by atoms with Crippen molar-refractivity contribution in [2.24, 2.45) is 12.1 Å². The topological polar surface area (TPSA) is 102 Å². The van der Waals surface area contributed by atoms with E-state index in [2.05, 4.69) is 15.6 Å². The second-order valence-electron chi connectivity index (χ2n) is 3.95. The zero-order valence-electron chi connectivity index (χ0n) is 10.6. The van der Waals surface area contributed by atoms with E-state index in [0.29, 0.717) is 11.1 Å². The summed E-state index contributed by atoms with van der Waals surface area (Å²) in [6.07, 6.45) is 4.39. The van der Waals surface area contributed by atoms with Crippen LogP contribution in [-0.2, 0) is 7.05 Å². The van der Waals surface area contributed by atoms with Crippen LogP contribution in [0.15, 0.2) is 41.8 Å². The highest BCUT2D eigenvalue weighted by molar-refractivity contribution is 5.94. The van der Waals surface area contributed by atoms with Gasteiger partial charge in [-0.05, 0) is 17.7 Å².